The van der Waals surface area contributed by atoms with E-state index in [0.717, 1.165) is 39.1 Å². The van der Waals surface area contributed by atoms with E-state index >= 15 is 0 Å². The highest BCUT2D eigenvalue weighted by molar-refractivity contribution is 6.00. The number of anilines is 3. The van der Waals surface area contributed by atoms with Crippen LogP contribution in [0.1, 0.15) is 22.3 Å². The number of rotatable bonds is 7. The first-order chi connectivity index (χ1) is 33.7. The third kappa shape index (κ3) is 6.34. The number of hydrogen-bond acceptors (Lipinski definition) is 4. The van der Waals surface area contributed by atoms with E-state index in [1.54, 1.807) is 0 Å². The summed E-state index contributed by atoms with van der Waals surface area (Å²) in [6, 6.07) is 91.2. The Hall–Kier alpha value is -8.99. The zero-order chi connectivity index (χ0) is 45.0. The predicted octanol–water partition coefficient (Wildman–Crippen LogP) is 16.0. The van der Waals surface area contributed by atoms with Crippen LogP contribution in [-0.2, 0) is 5.41 Å². The van der Waals surface area contributed by atoms with Gasteiger partial charge < -0.3 is 4.90 Å². The quantitative estimate of drug-likeness (QED) is 0.160. The van der Waals surface area contributed by atoms with Crippen molar-refractivity contribution in [2.24, 2.45) is 0 Å². The van der Waals surface area contributed by atoms with E-state index < -0.39 is 5.41 Å². The van der Waals surface area contributed by atoms with Crippen molar-refractivity contribution in [1.82, 2.24) is 15.0 Å². The minimum Gasteiger partial charge on any atom is -0.310 e. The standard InChI is InChI=1S/C64H42N4/c1-4-18-43(19-5-1)44-34-36-45(37-35-44)49-22-16-23-50(42-49)63-66-61(47-20-6-2-7-21-47)65-62(67-63)48-40-38-46(39-41-48)52-27-17-31-57-60(52)53-26-10-11-28-54(53)64(57)55-29-12-14-32-58(55)68(51-24-8-3-9-25-51)59-33-15-13-30-56(59)64/h1-42H. The van der Waals surface area contributed by atoms with Crippen LogP contribution in [-0.4, -0.2) is 15.0 Å². The van der Waals surface area contributed by atoms with Crippen molar-refractivity contribution in [1.29, 1.82) is 0 Å². The second-order valence-electron chi connectivity index (χ2n) is 17.5. The number of hydrogen-bond donors (Lipinski definition) is 0. The van der Waals surface area contributed by atoms with Crippen LogP contribution in [0.25, 0.3) is 78.7 Å². The molecule has 2 heterocycles. The van der Waals surface area contributed by atoms with Crippen LogP contribution in [0, 0.1) is 0 Å². The van der Waals surface area contributed by atoms with E-state index in [0.29, 0.717) is 17.5 Å². The van der Waals surface area contributed by atoms with Crippen molar-refractivity contribution in [3.05, 3.63) is 277 Å². The molecular weight excluding hydrogens is 825 g/mol. The van der Waals surface area contributed by atoms with Gasteiger partial charge in [-0.3, -0.25) is 0 Å². The molecule has 0 atom stereocenters. The summed E-state index contributed by atoms with van der Waals surface area (Å²) in [7, 11) is 0. The highest BCUT2D eigenvalue weighted by Crippen LogP contribution is 2.64. The average Bonchev–Trinajstić information content (AvgIpc) is 3.72. The predicted molar refractivity (Wildman–Crippen MR) is 278 cm³/mol. The van der Waals surface area contributed by atoms with Crippen molar-refractivity contribution in [2.45, 2.75) is 5.41 Å². The summed E-state index contributed by atoms with van der Waals surface area (Å²) >= 11 is 0. The number of fused-ring (bicyclic) bond motifs is 9. The van der Waals surface area contributed by atoms with Crippen LogP contribution >= 0.6 is 0 Å². The largest absolute Gasteiger partial charge is 0.310 e. The third-order valence-electron chi connectivity index (χ3n) is 13.7. The Kier molecular flexibility index (Phi) is 9.36. The molecule has 0 saturated heterocycles. The van der Waals surface area contributed by atoms with Gasteiger partial charge in [0.25, 0.3) is 0 Å². The number of nitrogens with zero attached hydrogens (tertiary/aromatic N) is 4. The summed E-state index contributed by atoms with van der Waals surface area (Å²) in [6.45, 7) is 0. The Bertz CT molecular complexity index is 3610. The van der Waals surface area contributed by atoms with Gasteiger partial charge in [-0.15, -0.1) is 0 Å². The first kappa shape index (κ1) is 39.4. The smallest absolute Gasteiger partial charge is 0.164 e. The molecule has 4 heteroatoms. The van der Waals surface area contributed by atoms with Gasteiger partial charge in [-0.2, -0.15) is 0 Å². The molecule has 1 aliphatic heterocycles. The second kappa shape index (κ2) is 16.2. The van der Waals surface area contributed by atoms with Crippen molar-refractivity contribution >= 4 is 17.1 Å². The summed E-state index contributed by atoms with van der Waals surface area (Å²) in [5.74, 6) is 1.88. The molecule has 318 valence electrons. The Balaban J connectivity index is 0.913. The van der Waals surface area contributed by atoms with Crippen LogP contribution in [0.5, 0.6) is 0 Å². The summed E-state index contributed by atoms with van der Waals surface area (Å²) < 4.78 is 0. The normalized spacial score (nSPS) is 12.8. The van der Waals surface area contributed by atoms with Crippen LogP contribution < -0.4 is 4.90 Å². The lowest BCUT2D eigenvalue weighted by atomic mass is 9.64. The Labute approximate surface area is 396 Å². The van der Waals surface area contributed by atoms with Crippen LogP contribution in [0.15, 0.2) is 255 Å². The first-order valence-electron chi connectivity index (χ1n) is 23.2. The molecule has 1 spiro atoms. The zero-order valence-corrected chi connectivity index (χ0v) is 37.0. The monoisotopic (exact) mass is 866 g/mol. The highest BCUT2D eigenvalue weighted by atomic mass is 15.2. The van der Waals surface area contributed by atoms with Gasteiger partial charge in [0.1, 0.15) is 0 Å². The fraction of sp³-hybridized carbons (Fsp3) is 0.0156. The highest BCUT2D eigenvalue weighted by Gasteiger charge is 2.52. The number of benzene rings is 10. The summed E-state index contributed by atoms with van der Waals surface area (Å²) in [5, 5.41) is 0. The van der Waals surface area contributed by atoms with E-state index in [1.165, 1.54) is 61.4 Å². The molecule has 0 radical (unpaired) electrons. The Morgan fingerprint density at radius 3 is 1.31 bits per heavy atom. The zero-order valence-electron chi connectivity index (χ0n) is 37.0. The van der Waals surface area contributed by atoms with Gasteiger partial charge in [0, 0.05) is 22.4 Å². The van der Waals surface area contributed by atoms with E-state index in [9.17, 15) is 0 Å². The fourth-order valence-corrected chi connectivity index (χ4v) is 10.7. The van der Waals surface area contributed by atoms with E-state index in [1.807, 2.05) is 24.3 Å². The van der Waals surface area contributed by atoms with Gasteiger partial charge >= 0.3 is 0 Å². The topological polar surface area (TPSA) is 41.9 Å². The summed E-state index contributed by atoms with van der Waals surface area (Å²) in [5.41, 5.74) is 20.3. The number of para-hydroxylation sites is 3. The molecule has 11 aromatic rings. The molecule has 1 aliphatic carbocycles. The van der Waals surface area contributed by atoms with Gasteiger partial charge in [0.15, 0.2) is 17.5 Å². The van der Waals surface area contributed by atoms with Crippen LogP contribution in [0.4, 0.5) is 17.1 Å². The maximum Gasteiger partial charge on any atom is 0.164 e. The molecule has 10 aromatic carbocycles. The minimum absolute atomic E-state index is 0.529. The second-order valence-corrected chi connectivity index (χ2v) is 17.5. The van der Waals surface area contributed by atoms with Crippen molar-refractivity contribution < 1.29 is 0 Å². The van der Waals surface area contributed by atoms with Gasteiger partial charge in [0.05, 0.1) is 16.8 Å². The van der Waals surface area contributed by atoms with Gasteiger partial charge in [-0.1, -0.05) is 224 Å². The Morgan fingerprint density at radius 1 is 0.265 bits per heavy atom. The van der Waals surface area contributed by atoms with Gasteiger partial charge in [-0.25, -0.2) is 15.0 Å². The first-order valence-corrected chi connectivity index (χ1v) is 23.2. The Morgan fingerprint density at radius 2 is 0.662 bits per heavy atom. The molecule has 68 heavy (non-hydrogen) atoms. The maximum absolute atomic E-state index is 5.18. The third-order valence-corrected chi connectivity index (χ3v) is 13.7. The van der Waals surface area contributed by atoms with E-state index in [4.69, 9.17) is 15.0 Å². The van der Waals surface area contributed by atoms with Gasteiger partial charge in [0.2, 0.25) is 0 Å². The lowest BCUT2D eigenvalue weighted by Gasteiger charge is -2.45. The van der Waals surface area contributed by atoms with Crippen molar-refractivity contribution in [3.8, 4) is 78.7 Å². The molecule has 0 unspecified atom stereocenters. The summed E-state index contributed by atoms with van der Waals surface area (Å²) in [4.78, 5) is 17.8. The summed E-state index contributed by atoms with van der Waals surface area (Å²) in [6.07, 6.45) is 0. The van der Waals surface area contributed by atoms with Crippen molar-refractivity contribution in [2.75, 3.05) is 4.90 Å². The van der Waals surface area contributed by atoms with E-state index in [-0.39, 0.29) is 0 Å². The SMILES string of the molecule is c1ccc(-c2ccc(-c3cccc(-c4nc(-c5ccccc5)nc(-c5ccc(-c6cccc7c6-c6ccccc6C76c7ccccc7N(c7ccccc7)c7ccccc76)cc5)n4)c3)cc2)cc1. The fourth-order valence-electron chi connectivity index (χ4n) is 10.7. The molecule has 0 N–H and O–H groups in total. The lowest BCUT2D eigenvalue weighted by Crippen LogP contribution is -2.36. The van der Waals surface area contributed by atoms with Crippen LogP contribution in [0.2, 0.25) is 0 Å². The minimum atomic E-state index is -0.529. The van der Waals surface area contributed by atoms with E-state index in [2.05, 4.69) is 235 Å². The molecule has 0 bridgehead atoms. The molecule has 0 fully saturated rings. The van der Waals surface area contributed by atoms with Crippen molar-refractivity contribution in [3.63, 3.8) is 0 Å². The van der Waals surface area contributed by atoms with Crippen LogP contribution in [0.3, 0.4) is 0 Å². The van der Waals surface area contributed by atoms with Gasteiger partial charge in [-0.05, 0) is 97.1 Å². The molecule has 0 saturated carbocycles. The molecule has 13 rings (SSSR count). The molecule has 4 nitrogen and oxygen atoms in total. The molecule has 1 aromatic heterocycles. The molecule has 2 aliphatic rings. The number of aromatic nitrogens is 3. The average molecular weight is 867 g/mol. The molecular formula is C64H42N4. The maximum atomic E-state index is 5.18. The lowest BCUT2D eigenvalue weighted by molar-refractivity contribution is 0.753. The molecule has 0 amide bonds.